The molecule has 1 aliphatic heterocycles. The number of ether oxygens (including phenoxy) is 1. The Morgan fingerprint density at radius 3 is 2.38 bits per heavy atom. The first kappa shape index (κ1) is 24.7. The molecule has 1 aliphatic rings. The predicted molar refractivity (Wildman–Crippen MR) is 121 cm³/mol. The monoisotopic (exact) mass is 499 g/mol. The minimum Gasteiger partial charge on any atom is -0.456 e. The van der Waals surface area contributed by atoms with Crippen molar-refractivity contribution < 1.29 is 23.4 Å². The van der Waals surface area contributed by atoms with E-state index in [2.05, 4.69) is 0 Å². The van der Waals surface area contributed by atoms with E-state index in [4.69, 9.17) is 27.9 Å². The number of nitrogens with zero attached hydrogens (tertiary/aromatic N) is 3. The molecule has 2 aromatic carbocycles. The van der Waals surface area contributed by atoms with E-state index in [-0.39, 0.29) is 54.3 Å². The van der Waals surface area contributed by atoms with Crippen molar-refractivity contribution in [3.8, 4) is 17.6 Å². The molecule has 0 amide bonds. The smallest absolute Gasteiger partial charge is 0.246 e. The van der Waals surface area contributed by atoms with E-state index in [1.807, 2.05) is 11.0 Å². The summed E-state index contributed by atoms with van der Waals surface area (Å²) in [6.45, 7) is 0.961. The van der Waals surface area contributed by atoms with Crippen LogP contribution in [0, 0.1) is 11.3 Å². The highest BCUT2D eigenvalue weighted by Crippen LogP contribution is 2.35. The Balaban J connectivity index is 1.92. The molecule has 1 fully saturated rings. The van der Waals surface area contributed by atoms with Gasteiger partial charge >= 0.3 is 0 Å². The molecule has 3 rings (SSSR count). The van der Waals surface area contributed by atoms with Crippen LogP contribution in [0.1, 0.15) is 12.0 Å². The predicted octanol–water partition coefficient (Wildman–Crippen LogP) is 2.71. The Hall–Kier alpha value is -1.90. The topological polar surface area (TPSA) is 114 Å². The number of hydrogen-bond acceptors (Lipinski definition) is 7. The molecule has 32 heavy (non-hydrogen) atoms. The summed E-state index contributed by atoms with van der Waals surface area (Å²) in [6.07, 6.45) is 0.553. The second-order valence-corrected chi connectivity index (χ2v) is 10.0. The lowest BCUT2D eigenvalue weighted by atomic mass is 10.2. The maximum absolute atomic E-state index is 13.5. The van der Waals surface area contributed by atoms with Gasteiger partial charge in [-0.25, -0.2) is 8.42 Å². The fourth-order valence-corrected chi connectivity index (χ4v) is 5.82. The maximum atomic E-state index is 13.5. The van der Waals surface area contributed by atoms with E-state index in [1.165, 1.54) is 40.7 Å². The number of rotatable bonds is 9. The van der Waals surface area contributed by atoms with Crippen molar-refractivity contribution in [2.75, 3.05) is 39.4 Å². The summed E-state index contributed by atoms with van der Waals surface area (Å²) in [7, 11) is -4.00. The van der Waals surface area contributed by atoms with E-state index >= 15 is 0 Å². The summed E-state index contributed by atoms with van der Waals surface area (Å²) in [5.41, 5.74) is 0.179. The van der Waals surface area contributed by atoms with E-state index in [0.717, 1.165) is 0 Å². The Bertz CT molecular complexity index is 1080. The van der Waals surface area contributed by atoms with Gasteiger partial charge in [0, 0.05) is 42.3 Å². The molecule has 0 bridgehead atoms. The van der Waals surface area contributed by atoms with Crippen LogP contribution in [-0.2, 0) is 10.0 Å². The van der Waals surface area contributed by atoms with Gasteiger partial charge in [-0.05, 0) is 42.8 Å². The zero-order valence-corrected chi connectivity index (χ0v) is 19.4. The van der Waals surface area contributed by atoms with Crippen molar-refractivity contribution in [2.24, 2.45) is 0 Å². The van der Waals surface area contributed by atoms with Gasteiger partial charge in [0.25, 0.3) is 0 Å². The number of sulfonamides is 1. The SMILES string of the molecule is N#Cc1ccc(Oc2cc(Cl)cc(Cl)c2)c(S(=O)(=O)N2CC[C@H](N(CCO)CCO)C2)c1. The van der Waals surface area contributed by atoms with Gasteiger partial charge in [-0.3, -0.25) is 4.90 Å². The van der Waals surface area contributed by atoms with Crippen molar-refractivity contribution in [3.05, 3.63) is 52.0 Å². The zero-order chi connectivity index (χ0) is 23.3. The molecule has 0 saturated carbocycles. The Morgan fingerprint density at radius 2 is 1.78 bits per heavy atom. The van der Waals surface area contributed by atoms with Crippen LogP contribution in [0.15, 0.2) is 41.3 Å². The van der Waals surface area contributed by atoms with Crippen LogP contribution < -0.4 is 4.74 Å². The van der Waals surface area contributed by atoms with Crippen LogP contribution >= 0.6 is 23.2 Å². The first-order valence-corrected chi connectivity index (χ1v) is 12.1. The fourth-order valence-electron chi connectivity index (χ4n) is 3.68. The van der Waals surface area contributed by atoms with Crippen molar-refractivity contribution in [1.82, 2.24) is 9.21 Å². The Labute approximate surface area is 197 Å². The van der Waals surface area contributed by atoms with Gasteiger partial charge in [-0.2, -0.15) is 9.57 Å². The van der Waals surface area contributed by atoms with Crippen LogP contribution in [0.3, 0.4) is 0 Å². The number of halogens is 2. The summed E-state index contributed by atoms with van der Waals surface area (Å²) in [6, 6.07) is 10.5. The van der Waals surface area contributed by atoms with E-state index in [9.17, 15) is 23.9 Å². The second kappa shape index (κ2) is 10.8. The first-order chi connectivity index (χ1) is 15.3. The number of aliphatic hydroxyl groups is 2. The van der Waals surface area contributed by atoms with Crippen molar-refractivity contribution in [2.45, 2.75) is 17.4 Å². The molecule has 172 valence electrons. The fraction of sp³-hybridized carbons (Fsp3) is 0.381. The number of nitriles is 1. The standard InChI is InChI=1S/C21H23Cl2N3O5S/c22-16-10-17(23)12-19(11-16)31-20-2-1-15(13-24)9-21(20)32(29,30)26-4-3-18(14-26)25(5-7-27)6-8-28/h1-2,9-12,18,27-28H,3-8,14H2/t18-/m0/s1. The summed E-state index contributed by atoms with van der Waals surface area (Å²) >= 11 is 12.0. The first-order valence-electron chi connectivity index (χ1n) is 9.92. The number of benzene rings is 2. The third kappa shape index (κ3) is 5.71. The molecule has 0 unspecified atom stereocenters. The van der Waals surface area contributed by atoms with Gasteiger partial charge < -0.3 is 14.9 Å². The third-order valence-electron chi connectivity index (χ3n) is 5.17. The molecule has 0 radical (unpaired) electrons. The minimum atomic E-state index is -4.00. The van der Waals surface area contributed by atoms with Gasteiger partial charge in [0.15, 0.2) is 0 Å². The highest BCUT2D eigenvalue weighted by Gasteiger charge is 2.36. The van der Waals surface area contributed by atoms with Crippen molar-refractivity contribution >= 4 is 33.2 Å². The minimum absolute atomic E-state index is 0.0494. The van der Waals surface area contributed by atoms with Crippen LogP contribution in [0.2, 0.25) is 10.0 Å². The molecular formula is C21H23Cl2N3O5S. The zero-order valence-electron chi connectivity index (χ0n) is 17.1. The quantitative estimate of drug-likeness (QED) is 0.544. The molecule has 0 aliphatic carbocycles. The molecular weight excluding hydrogens is 477 g/mol. The summed E-state index contributed by atoms with van der Waals surface area (Å²) in [5, 5.41) is 28.5. The Kier molecular flexibility index (Phi) is 8.36. The summed E-state index contributed by atoms with van der Waals surface area (Å²) < 4.78 is 34.1. The molecule has 1 heterocycles. The number of aliphatic hydroxyl groups excluding tert-OH is 2. The number of hydrogen-bond donors (Lipinski definition) is 2. The highest BCUT2D eigenvalue weighted by atomic mass is 35.5. The van der Waals surface area contributed by atoms with Crippen LogP contribution in [0.5, 0.6) is 11.5 Å². The normalized spacial score (nSPS) is 16.9. The molecule has 8 nitrogen and oxygen atoms in total. The Morgan fingerprint density at radius 1 is 1.12 bits per heavy atom. The molecule has 2 N–H and O–H groups in total. The molecule has 2 aromatic rings. The third-order valence-corrected chi connectivity index (χ3v) is 7.49. The molecule has 1 saturated heterocycles. The van der Waals surface area contributed by atoms with Gasteiger partial charge in [-0.15, -0.1) is 0 Å². The summed E-state index contributed by atoms with van der Waals surface area (Å²) in [5.74, 6) is 0.313. The average Bonchev–Trinajstić information content (AvgIpc) is 3.24. The summed E-state index contributed by atoms with van der Waals surface area (Å²) in [4.78, 5) is 1.73. The van der Waals surface area contributed by atoms with Gasteiger partial charge in [0.1, 0.15) is 16.4 Å². The van der Waals surface area contributed by atoms with E-state index in [0.29, 0.717) is 29.6 Å². The van der Waals surface area contributed by atoms with Crippen LogP contribution in [0.4, 0.5) is 0 Å². The maximum Gasteiger partial charge on any atom is 0.246 e. The average molecular weight is 500 g/mol. The highest BCUT2D eigenvalue weighted by molar-refractivity contribution is 7.89. The van der Waals surface area contributed by atoms with Crippen molar-refractivity contribution in [3.63, 3.8) is 0 Å². The van der Waals surface area contributed by atoms with Crippen molar-refractivity contribution in [1.29, 1.82) is 5.26 Å². The molecule has 1 atom stereocenters. The van der Waals surface area contributed by atoms with Crippen LogP contribution in [0.25, 0.3) is 0 Å². The molecule has 0 spiro atoms. The van der Waals surface area contributed by atoms with Gasteiger partial charge in [0.2, 0.25) is 10.0 Å². The molecule has 11 heteroatoms. The van der Waals surface area contributed by atoms with Gasteiger partial charge in [-0.1, -0.05) is 23.2 Å². The lowest BCUT2D eigenvalue weighted by Gasteiger charge is -2.27. The van der Waals surface area contributed by atoms with Gasteiger partial charge in [0.05, 0.1) is 24.8 Å². The second-order valence-electron chi connectivity index (χ2n) is 7.27. The molecule has 0 aromatic heterocycles. The van der Waals surface area contributed by atoms with E-state index in [1.54, 1.807) is 0 Å². The lowest BCUT2D eigenvalue weighted by molar-refractivity contribution is 0.126. The lowest BCUT2D eigenvalue weighted by Crippen LogP contribution is -2.41. The largest absolute Gasteiger partial charge is 0.456 e. The van der Waals surface area contributed by atoms with Crippen LogP contribution in [-0.4, -0.2) is 73.3 Å². The van der Waals surface area contributed by atoms with E-state index < -0.39 is 10.0 Å².